The van der Waals surface area contributed by atoms with Gasteiger partial charge in [0.05, 0.1) is 11.5 Å². The second-order valence-electron chi connectivity index (χ2n) is 6.93. The van der Waals surface area contributed by atoms with Crippen LogP contribution in [0.25, 0.3) is 0 Å². The maximum Gasteiger partial charge on any atom is 0.175 e. The number of sulfone groups is 1. The Morgan fingerprint density at radius 2 is 1.88 bits per heavy atom. The standard InChI is InChI=1S/C18H28N2O3S/c1-24(21,22)18-8-6-17(7-9-18)23-14-4-11-19-10-3-13-20-12-2-5-16(20)15-19/h6-9,16H,2-5,10-15H2,1H3/t16-/m1/s1. The Kier molecular flexibility index (Phi) is 5.79. The van der Waals surface area contributed by atoms with Crippen LogP contribution < -0.4 is 4.74 Å². The highest BCUT2D eigenvalue weighted by Crippen LogP contribution is 2.21. The molecule has 2 aliphatic rings. The maximum absolute atomic E-state index is 11.4. The molecule has 0 amide bonds. The van der Waals surface area contributed by atoms with E-state index in [4.69, 9.17) is 4.74 Å². The van der Waals surface area contributed by atoms with Crippen LogP contribution in [-0.2, 0) is 9.84 Å². The van der Waals surface area contributed by atoms with Crippen molar-refractivity contribution < 1.29 is 13.2 Å². The molecule has 134 valence electrons. The van der Waals surface area contributed by atoms with Crippen LogP contribution in [0.1, 0.15) is 25.7 Å². The molecule has 3 rings (SSSR count). The Bertz CT molecular complexity index is 630. The van der Waals surface area contributed by atoms with Crippen molar-refractivity contribution in [3.63, 3.8) is 0 Å². The van der Waals surface area contributed by atoms with Gasteiger partial charge in [0.15, 0.2) is 9.84 Å². The highest BCUT2D eigenvalue weighted by molar-refractivity contribution is 7.90. The van der Waals surface area contributed by atoms with E-state index in [-0.39, 0.29) is 0 Å². The van der Waals surface area contributed by atoms with Crippen molar-refractivity contribution >= 4 is 9.84 Å². The lowest BCUT2D eigenvalue weighted by Crippen LogP contribution is -2.37. The molecule has 0 N–H and O–H groups in total. The van der Waals surface area contributed by atoms with Crippen molar-refractivity contribution in [2.24, 2.45) is 0 Å². The minimum atomic E-state index is -3.14. The van der Waals surface area contributed by atoms with Crippen LogP contribution in [0.5, 0.6) is 5.75 Å². The number of hydrogen-bond acceptors (Lipinski definition) is 5. The predicted molar refractivity (Wildman–Crippen MR) is 95.3 cm³/mol. The van der Waals surface area contributed by atoms with Gasteiger partial charge in [0.2, 0.25) is 0 Å². The van der Waals surface area contributed by atoms with Crippen LogP contribution in [0, 0.1) is 0 Å². The number of hydrogen-bond donors (Lipinski definition) is 0. The smallest absolute Gasteiger partial charge is 0.175 e. The van der Waals surface area contributed by atoms with E-state index >= 15 is 0 Å². The lowest BCUT2D eigenvalue weighted by Gasteiger charge is -2.25. The summed E-state index contributed by atoms with van der Waals surface area (Å²) in [4.78, 5) is 5.56. The molecule has 0 bridgehead atoms. The van der Waals surface area contributed by atoms with Crippen LogP contribution in [-0.4, -0.2) is 69.8 Å². The summed E-state index contributed by atoms with van der Waals surface area (Å²) in [6.07, 6.45) is 6.19. The van der Waals surface area contributed by atoms with E-state index in [1.165, 1.54) is 51.7 Å². The first-order valence-electron chi connectivity index (χ1n) is 8.92. The SMILES string of the molecule is CS(=O)(=O)c1ccc(OCCCN2CCCN3CCC[C@@H]3C2)cc1. The van der Waals surface area contributed by atoms with E-state index in [2.05, 4.69) is 9.80 Å². The van der Waals surface area contributed by atoms with Crippen molar-refractivity contribution in [2.75, 3.05) is 45.6 Å². The van der Waals surface area contributed by atoms with Gasteiger partial charge in [-0.05, 0) is 69.6 Å². The molecule has 0 saturated carbocycles. The van der Waals surface area contributed by atoms with Gasteiger partial charge >= 0.3 is 0 Å². The summed E-state index contributed by atoms with van der Waals surface area (Å²) >= 11 is 0. The molecule has 0 unspecified atom stereocenters. The summed E-state index contributed by atoms with van der Waals surface area (Å²) in [6, 6.07) is 7.44. The topological polar surface area (TPSA) is 49.9 Å². The van der Waals surface area contributed by atoms with Crippen molar-refractivity contribution in [2.45, 2.75) is 36.6 Å². The molecule has 0 aromatic heterocycles. The summed E-state index contributed by atoms with van der Waals surface area (Å²) in [7, 11) is -3.14. The summed E-state index contributed by atoms with van der Waals surface area (Å²) < 4.78 is 28.6. The third-order valence-corrected chi connectivity index (χ3v) is 6.16. The Balaban J connectivity index is 1.40. The molecule has 1 atom stereocenters. The molecule has 2 saturated heterocycles. The summed E-state index contributed by atoms with van der Waals surface area (Å²) in [5.41, 5.74) is 0. The van der Waals surface area contributed by atoms with Gasteiger partial charge in [-0.2, -0.15) is 0 Å². The van der Waals surface area contributed by atoms with E-state index in [9.17, 15) is 8.42 Å². The second-order valence-corrected chi connectivity index (χ2v) is 8.95. The molecule has 0 spiro atoms. The monoisotopic (exact) mass is 352 g/mol. The Morgan fingerprint density at radius 1 is 1.12 bits per heavy atom. The summed E-state index contributed by atoms with van der Waals surface area (Å²) in [5, 5.41) is 0. The number of nitrogens with zero attached hydrogens (tertiary/aromatic N) is 2. The predicted octanol–water partition coefficient (Wildman–Crippen LogP) is 2.03. The van der Waals surface area contributed by atoms with Gasteiger partial charge in [-0.1, -0.05) is 0 Å². The zero-order valence-corrected chi connectivity index (χ0v) is 15.3. The molecule has 6 heteroatoms. The van der Waals surface area contributed by atoms with E-state index in [0.717, 1.165) is 24.8 Å². The molecule has 2 fully saturated rings. The minimum Gasteiger partial charge on any atom is -0.494 e. The first kappa shape index (κ1) is 17.7. The number of fused-ring (bicyclic) bond motifs is 1. The Morgan fingerprint density at radius 3 is 2.62 bits per heavy atom. The third-order valence-electron chi connectivity index (χ3n) is 5.03. The molecule has 2 heterocycles. The Hall–Kier alpha value is -1.11. The third kappa shape index (κ3) is 4.71. The molecular weight excluding hydrogens is 324 g/mol. The van der Waals surface area contributed by atoms with Crippen LogP contribution in [0.4, 0.5) is 0 Å². The van der Waals surface area contributed by atoms with Gasteiger partial charge in [0.25, 0.3) is 0 Å². The van der Waals surface area contributed by atoms with Gasteiger partial charge in [-0.3, -0.25) is 4.90 Å². The largest absolute Gasteiger partial charge is 0.494 e. The van der Waals surface area contributed by atoms with E-state index in [1.54, 1.807) is 24.3 Å². The number of benzene rings is 1. The first-order chi connectivity index (χ1) is 11.5. The highest BCUT2D eigenvalue weighted by Gasteiger charge is 2.28. The number of ether oxygens (including phenoxy) is 1. The van der Waals surface area contributed by atoms with Crippen molar-refractivity contribution in [3.8, 4) is 5.75 Å². The van der Waals surface area contributed by atoms with E-state index in [0.29, 0.717) is 11.5 Å². The average molecular weight is 353 g/mol. The second kappa shape index (κ2) is 7.85. The van der Waals surface area contributed by atoms with Gasteiger partial charge < -0.3 is 9.64 Å². The normalized spacial score (nSPS) is 23.0. The van der Waals surface area contributed by atoms with Crippen molar-refractivity contribution in [1.82, 2.24) is 9.80 Å². The quantitative estimate of drug-likeness (QED) is 0.733. The number of rotatable bonds is 6. The Labute approximate surface area is 145 Å². The van der Waals surface area contributed by atoms with Crippen molar-refractivity contribution in [1.29, 1.82) is 0 Å². The van der Waals surface area contributed by atoms with Gasteiger partial charge in [-0.15, -0.1) is 0 Å². The average Bonchev–Trinajstić information content (AvgIpc) is 2.89. The highest BCUT2D eigenvalue weighted by atomic mass is 32.2. The maximum atomic E-state index is 11.4. The molecule has 0 aliphatic carbocycles. The zero-order valence-electron chi connectivity index (χ0n) is 14.5. The lowest BCUT2D eigenvalue weighted by atomic mass is 10.2. The van der Waals surface area contributed by atoms with Crippen LogP contribution >= 0.6 is 0 Å². The molecule has 2 aliphatic heterocycles. The summed E-state index contributed by atoms with van der Waals surface area (Å²) in [5.74, 6) is 0.736. The molecule has 1 aromatic rings. The van der Waals surface area contributed by atoms with Crippen molar-refractivity contribution in [3.05, 3.63) is 24.3 Å². The van der Waals surface area contributed by atoms with Gasteiger partial charge in [0, 0.05) is 25.4 Å². The molecule has 0 radical (unpaired) electrons. The molecule has 24 heavy (non-hydrogen) atoms. The minimum absolute atomic E-state index is 0.334. The van der Waals surface area contributed by atoms with E-state index in [1.807, 2.05) is 0 Å². The van der Waals surface area contributed by atoms with Gasteiger partial charge in [-0.25, -0.2) is 8.42 Å². The lowest BCUT2D eigenvalue weighted by molar-refractivity contribution is 0.205. The zero-order chi connectivity index (χ0) is 17.0. The van der Waals surface area contributed by atoms with Crippen LogP contribution in [0.15, 0.2) is 29.2 Å². The first-order valence-corrected chi connectivity index (χ1v) is 10.8. The fourth-order valence-electron chi connectivity index (χ4n) is 3.75. The molecule has 1 aromatic carbocycles. The van der Waals surface area contributed by atoms with Crippen LogP contribution in [0.2, 0.25) is 0 Å². The molecule has 5 nitrogen and oxygen atoms in total. The molecular formula is C18H28N2O3S. The van der Waals surface area contributed by atoms with Gasteiger partial charge in [0.1, 0.15) is 5.75 Å². The fourth-order valence-corrected chi connectivity index (χ4v) is 4.38. The summed E-state index contributed by atoms with van der Waals surface area (Å²) in [6.45, 7) is 6.67. The van der Waals surface area contributed by atoms with Crippen LogP contribution in [0.3, 0.4) is 0 Å². The fraction of sp³-hybridized carbons (Fsp3) is 0.667. The van der Waals surface area contributed by atoms with E-state index < -0.39 is 9.84 Å².